The lowest BCUT2D eigenvalue weighted by Crippen LogP contribution is -2.54. The molecule has 0 aliphatic carbocycles. The van der Waals surface area contributed by atoms with E-state index in [9.17, 15) is 21.8 Å². The zero-order valence-electron chi connectivity index (χ0n) is 11.6. The van der Waals surface area contributed by atoms with Crippen LogP contribution in [0.15, 0.2) is 24.3 Å². The van der Waals surface area contributed by atoms with Crippen molar-refractivity contribution < 1.29 is 21.8 Å². The van der Waals surface area contributed by atoms with Crippen molar-refractivity contribution >= 4 is 11.0 Å². The van der Waals surface area contributed by atoms with Gasteiger partial charge < -0.3 is 0 Å². The molecule has 0 aliphatic rings. The minimum atomic E-state index is -4.67. The second-order valence-corrected chi connectivity index (χ2v) is 7.58. The van der Waals surface area contributed by atoms with Crippen molar-refractivity contribution in [1.82, 2.24) is 4.72 Å². The fraction of sp³-hybridized carbons (Fsp3) is 0.538. The fourth-order valence-corrected chi connectivity index (χ4v) is 2.31. The number of hydrogen-bond acceptors (Lipinski definition) is 1. The molecule has 2 nitrogen and oxygen atoms in total. The van der Waals surface area contributed by atoms with Crippen molar-refractivity contribution in [2.24, 2.45) is 0 Å². The van der Waals surface area contributed by atoms with Crippen LogP contribution in [0.2, 0.25) is 0 Å². The number of halogens is 4. The predicted molar refractivity (Wildman–Crippen MR) is 70.8 cm³/mol. The zero-order chi connectivity index (χ0) is 15.8. The van der Waals surface area contributed by atoms with Gasteiger partial charge in [0.15, 0.2) is 0 Å². The third kappa shape index (κ3) is 3.58. The molecular formula is C13H17F4NOS. The Morgan fingerprint density at radius 2 is 1.45 bits per heavy atom. The molecule has 0 bridgehead atoms. The summed E-state index contributed by atoms with van der Waals surface area (Å²) in [6, 6.07) is 3.97. The zero-order valence-corrected chi connectivity index (χ0v) is 12.5. The summed E-state index contributed by atoms with van der Waals surface area (Å²) in [5.41, 5.74) is -2.71. The summed E-state index contributed by atoms with van der Waals surface area (Å²) in [6.07, 6.45) is -4.67. The first kappa shape index (κ1) is 17.1. The van der Waals surface area contributed by atoms with Gasteiger partial charge in [-0.2, -0.15) is 13.2 Å². The van der Waals surface area contributed by atoms with Crippen molar-refractivity contribution in [3.63, 3.8) is 0 Å². The molecule has 0 heterocycles. The highest BCUT2D eigenvalue weighted by molar-refractivity contribution is 7.84. The molecule has 0 aliphatic heterocycles. The van der Waals surface area contributed by atoms with Gasteiger partial charge in [-0.3, -0.25) is 0 Å². The molecule has 1 N–H and O–H groups in total. The van der Waals surface area contributed by atoms with Crippen LogP contribution in [0.3, 0.4) is 0 Å². The lowest BCUT2D eigenvalue weighted by Gasteiger charge is -2.35. The van der Waals surface area contributed by atoms with Crippen molar-refractivity contribution in [2.75, 3.05) is 0 Å². The molecule has 114 valence electrons. The lowest BCUT2D eigenvalue weighted by atomic mass is 9.92. The molecule has 0 saturated carbocycles. The van der Waals surface area contributed by atoms with E-state index < -0.39 is 33.3 Å². The van der Waals surface area contributed by atoms with Gasteiger partial charge in [0.1, 0.15) is 11.4 Å². The largest absolute Gasteiger partial charge is 0.411 e. The van der Waals surface area contributed by atoms with Crippen LogP contribution in [-0.4, -0.2) is 15.1 Å². The summed E-state index contributed by atoms with van der Waals surface area (Å²) in [7, 11) is -1.92. The summed E-state index contributed by atoms with van der Waals surface area (Å²) in [4.78, 5) is 0. The Labute approximate surface area is 118 Å². The molecule has 0 radical (unpaired) electrons. The quantitative estimate of drug-likeness (QED) is 0.848. The Hall–Kier alpha value is -0.950. The first-order valence-electron chi connectivity index (χ1n) is 5.90. The van der Waals surface area contributed by atoms with Gasteiger partial charge in [-0.25, -0.2) is 13.3 Å². The van der Waals surface area contributed by atoms with Crippen LogP contribution in [-0.2, 0) is 16.5 Å². The normalized spacial score (nSPS) is 17.6. The first-order chi connectivity index (χ1) is 8.88. The number of nitrogens with one attached hydrogen (secondary N) is 1. The summed E-state index contributed by atoms with van der Waals surface area (Å²) in [5, 5.41) is 0. The van der Waals surface area contributed by atoms with Gasteiger partial charge in [-0.15, -0.1) is 0 Å². The Morgan fingerprint density at radius 3 is 1.80 bits per heavy atom. The second kappa shape index (κ2) is 5.44. The average Bonchev–Trinajstić information content (AvgIpc) is 2.26. The van der Waals surface area contributed by atoms with E-state index in [0.717, 1.165) is 31.2 Å². The molecule has 0 aromatic heterocycles. The molecular weight excluding hydrogens is 294 g/mol. The van der Waals surface area contributed by atoms with Gasteiger partial charge in [0, 0.05) is 0 Å². The van der Waals surface area contributed by atoms with Gasteiger partial charge in [-0.05, 0) is 45.4 Å². The van der Waals surface area contributed by atoms with E-state index in [-0.39, 0.29) is 5.56 Å². The summed E-state index contributed by atoms with van der Waals surface area (Å²) in [5.74, 6) is -0.629. The maximum Gasteiger partial charge on any atom is 0.411 e. The van der Waals surface area contributed by atoms with Crippen molar-refractivity contribution in [1.29, 1.82) is 0 Å². The fourth-order valence-electron chi connectivity index (χ4n) is 1.40. The van der Waals surface area contributed by atoms with E-state index in [1.54, 1.807) is 20.8 Å². The third-order valence-corrected chi connectivity index (χ3v) is 4.55. The van der Waals surface area contributed by atoms with Gasteiger partial charge in [-0.1, -0.05) is 12.1 Å². The highest BCUT2D eigenvalue weighted by Crippen LogP contribution is 2.39. The van der Waals surface area contributed by atoms with Crippen LogP contribution < -0.4 is 4.72 Å². The molecule has 0 fully saturated rings. The molecule has 0 unspecified atom stereocenters. The maximum absolute atomic E-state index is 13.3. The lowest BCUT2D eigenvalue weighted by molar-refractivity contribution is -0.189. The van der Waals surface area contributed by atoms with Crippen LogP contribution >= 0.6 is 0 Å². The van der Waals surface area contributed by atoms with Crippen LogP contribution in [0.1, 0.15) is 33.3 Å². The summed E-state index contributed by atoms with van der Waals surface area (Å²) < 4.78 is 66.2. The maximum atomic E-state index is 13.3. The van der Waals surface area contributed by atoms with Crippen molar-refractivity contribution in [3.8, 4) is 0 Å². The third-order valence-electron chi connectivity index (χ3n) is 2.84. The van der Waals surface area contributed by atoms with E-state index >= 15 is 0 Å². The van der Waals surface area contributed by atoms with Crippen molar-refractivity contribution in [2.45, 2.75) is 44.2 Å². The number of hydrogen-bond donors (Lipinski definition) is 1. The molecule has 7 heteroatoms. The topological polar surface area (TPSA) is 29.1 Å². The molecule has 0 amide bonds. The molecule has 0 saturated heterocycles. The van der Waals surface area contributed by atoms with E-state index in [4.69, 9.17) is 0 Å². The van der Waals surface area contributed by atoms with Crippen LogP contribution in [0, 0.1) is 5.82 Å². The SMILES string of the molecule is CC(C)(C)[S@](=O)N[C@](C)(c1ccc(F)cc1)C(F)(F)F. The van der Waals surface area contributed by atoms with Crippen LogP contribution in [0.25, 0.3) is 0 Å². The number of rotatable bonds is 3. The van der Waals surface area contributed by atoms with E-state index in [2.05, 4.69) is 4.72 Å². The van der Waals surface area contributed by atoms with Crippen LogP contribution in [0.5, 0.6) is 0 Å². The van der Waals surface area contributed by atoms with Crippen LogP contribution in [0.4, 0.5) is 17.6 Å². The highest BCUT2D eigenvalue weighted by Gasteiger charge is 2.54. The number of alkyl halides is 3. The Morgan fingerprint density at radius 1 is 1.00 bits per heavy atom. The smallest absolute Gasteiger partial charge is 0.242 e. The minimum absolute atomic E-state index is 0.191. The van der Waals surface area contributed by atoms with Gasteiger partial charge in [0.05, 0.1) is 15.7 Å². The Bertz CT molecular complexity index is 493. The molecule has 1 rings (SSSR count). The van der Waals surface area contributed by atoms with E-state index in [0.29, 0.717) is 0 Å². The summed E-state index contributed by atoms with van der Waals surface area (Å²) in [6.45, 7) is 5.59. The average molecular weight is 311 g/mol. The van der Waals surface area contributed by atoms with Gasteiger partial charge in [0.25, 0.3) is 0 Å². The van der Waals surface area contributed by atoms with Gasteiger partial charge >= 0.3 is 6.18 Å². The first-order valence-corrected chi connectivity index (χ1v) is 7.05. The molecule has 2 atom stereocenters. The Kier molecular flexibility index (Phi) is 4.65. The monoisotopic (exact) mass is 311 g/mol. The molecule has 1 aromatic rings. The summed E-state index contributed by atoms with van der Waals surface area (Å²) >= 11 is 0. The number of benzene rings is 1. The van der Waals surface area contributed by atoms with E-state index in [1.165, 1.54) is 0 Å². The van der Waals surface area contributed by atoms with E-state index in [1.807, 2.05) is 0 Å². The molecule has 20 heavy (non-hydrogen) atoms. The molecule has 1 aromatic carbocycles. The second-order valence-electron chi connectivity index (χ2n) is 5.61. The van der Waals surface area contributed by atoms with Gasteiger partial charge in [0.2, 0.25) is 0 Å². The Balaban J connectivity index is 3.25. The highest BCUT2D eigenvalue weighted by atomic mass is 32.2. The standard InChI is InChI=1S/C13H17F4NOS/c1-11(2,3)20(19)18-12(4,13(15,16)17)9-5-7-10(14)8-6-9/h5-8,18H,1-4H3/t12-,20+/m1/s1. The van der Waals surface area contributed by atoms with Crippen molar-refractivity contribution in [3.05, 3.63) is 35.6 Å². The predicted octanol–water partition coefficient (Wildman–Crippen LogP) is 3.66. The molecule has 0 spiro atoms. The minimum Gasteiger partial charge on any atom is -0.242 e.